The van der Waals surface area contributed by atoms with Crippen molar-refractivity contribution in [3.05, 3.63) is 53.7 Å². The number of benzene rings is 1. The minimum absolute atomic E-state index is 0.137. The van der Waals surface area contributed by atoms with Crippen LogP contribution in [0.5, 0.6) is 11.6 Å². The Labute approximate surface area is 110 Å². The number of carbonyl (C=O) groups is 1. The maximum Gasteiger partial charge on any atom is 0.335 e. The third kappa shape index (κ3) is 3.53. The molecule has 0 saturated carbocycles. The molecule has 2 rings (SSSR count). The molecular weight excluding hydrogens is 246 g/mol. The number of carboxylic acid groups (broad SMARTS) is 1. The highest BCUT2D eigenvalue weighted by Gasteiger charge is 2.06. The number of nitrogens with zero attached hydrogens (tertiary/aromatic N) is 1. The molecule has 0 spiro atoms. The Bertz CT molecular complexity index is 583. The van der Waals surface area contributed by atoms with Gasteiger partial charge in [0.2, 0.25) is 5.88 Å². The monoisotopic (exact) mass is 259 g/mol. The summed E-state index contributed by atoms with van der Waals surface area (Å²) in [6, 6.07) is 10.1. The van der Waals surface area contributed by atoms with Crippen LogP contribution in [-0.2, 0) is 11.3 Å². The minimum Gasteiger partial charge on any atom is -0.478 e. The minimum atomic E-state index is -1.01. The van der Waals surface area contributed by atoms with E-state index in [1.165, 1.54) is 18.3 Å². The first-order valence-corrected chi connectivity index (χ1v) is 5.64. The highest BCUT2D eigenvalue weighted by atomic mass is 16.5. The van der Waals surface area contributed by atoms with Crippen molar-refractivity contribution in [2.75, 3.05) is 7.11 Å². The van der Waals surface area contributed by atoms with E-state index in [1.54, 1.807) is 13.2 Å². The van der Waals surface area contributed by atoms with Crippen LogP contribution in [0.4, 0.5) is 0 Å². The van der Waals surface area contributed by atoms with Crippen LogP contribution in [0.25, 0.3) is 0 Å². The average Bonchev–Trinajstić information content (AvgIpc) is 2.40. The lowest BCUT2D eigenvalue weighted by Gasteiger charge is -2.07. The molecule has 1 aromatic heterocycles. The lowest BCUT2D eigenvalue weighted by Crippen LogP contribution is -1.98. The van der Waals surface area contributed by atoms with E-state index in [9.17, 15) is 4.79 Å². The van der Waals surface area contributed by atoms with Crippen LogP contribution in [0.15, 0.2) is 42.6 Å². The van der Waals surface area contributed by atoms with Crippen LogP contribution in [-0.4, -0.2) is 23.2 Å². The Morgan fingerprint density at radius 2 is 2.16 bits per heavy atom. The highest BCUT2D eigenvalue weighted by molar-refractivity contribution is 5.87. The standard InChI is InChI=1S/C14H13NO4/c1-18-9-10-3-2-4-12(7-10)19-13-8-11(14(16)17)5-6-15-13/h2-8H,9H2,1H3,(H,16,17). The number of methoxy groups -OCH3 is 1. The first-order chi connectivity index (χ1) is 9.19. The molecule has 0 saturated heterocycles. The molecule has 1 aromatic carbocycles. The van der Waals surface area contributed by atoms with Crippen molar-refractivity contribution < 1.29 is 19.4 Å². The van der Waals surface area contributed by atoms with Gasteiger partial charge in [0.25, 0.3) is 0 Å². The van der Waals surface area contributed by atoms with Gasteiger partial charge in [0.1, 0.15) is 5.75 Å². The number of aromatic nitrogens is 1. The SMILES string of the molecule is COCc1cccc(Oc2cc(C(=O)O)ccn2)c1. The maximum absolute atomic E-state index is 10.8. The van der Waals surface area contributed by atoms with E-state index >= 15 is 0 Å². The molecule has 0 aliphatic rings. The second kappa shape index (κ2) is 5.97. The molecule has 1 heterocycles. The molecule has 2 aromatic rings. The number of rotatable bonds is 5. The summed E-state index contributed by atoms with van der Waals surface area (Å²) in [5.74, 6) is -0.181. The molecule has 1 N–H and O–H groups in total. The van der Waals surface area contributed by atoms with Gasteiger partial charge in [0.05, 0.1) is 12.2 Å². The van der Waals surface area contributed by atoms with E-state index in [4.69, 9.17) is 14.6 Å². The van der Waals surface area contributed by atoms with Gasteiger partial charge in [-0.1, -0.05) is 12.1 Å². The Morgan fingerprint density at radius 1 is 1.32 bits per heavy atom. The third-order valence-corrected chi connectivity index (χ3v) is 2.41. The van der Waals surface area contributed by atoms with Crippen LogP contribution in [0.3, 0.4) is 0 Å². The van der Waals surface area contributed by atoms with Crippen LogP contribution in [0, 0.1) is 0 Å². The third-order valence-electron chi connectivity index (χ3n) is 2.41. The molecule has 0 fully saturated rings. The predicted octanol–water partition coefficient (Wildman–Crippen LogP) is 2.72. The van der Waals surface area contributed by atoms with Crippen molar-refractivity contribution in [1.29, 1.82) is 0 Å². The Morgan fingerprint density at radius 3 is 2.89 bits per heavy atom. The molecule has 0 unspecified atom stereocenters. The summed E-state index contributed by atoms with van der Waals surface area (Å²) in [5.41, 5.74) is 1.10. The molecule has 19 heavy (non-hydrogen) atoms. The van der Waals surface area contributed by atoms with Crippen molar-refractivity contribution in [3.8, 4) is 11.6 Å². The van der Waals surface area contributed by atoms with Crippen LogP contribution >= 0.6 is 0 Å². The fourth-order valence-electron chi connectivity index (χ4n) is 1.58. The summed E-state index contributed by atoms with van der Waals surface area (Å²) in [4.78, 5) is 14.8. The van der Waals surface area contributed by atoms with Crippen molar-refractivity contribution >= 4 is 5.97 Å². The molecule has 0 aliphatic carbocycles. The quantitative estimate of drug-likeness (QED) is 0.894. The van der Waals surface area contributed by atoms with Gasteiger partial charge in [-0.25, -0.2) is 9.78 Å². The number of hydrogen-bond donors (Lipinski definition) is 1. The molecule has 0 amide bonds. The first-order valence-electron chi connectivity index (χ1n) is 5.64. The largest absolute Gasteiger partial charge is 0.478 e. The first kappa shape index (κ1) is 13.0. The summed E-state index contributed by atoms with van der Waals surface area (Å²) in [6.07, 6.45) is 1.40. The predicted molar refractivity (Wildman–Crippen MR) is 68.4 cm³/mol. The van der Waals surface area contributed by atoms with Gasteiger partial charge in [-0.15, -0.1) is 0 Å². The molecular formula is C14H13NO4. The number of ether oxygens (including phenoxy) is 2. The van der Waals surface area contributed by atoms with Gasteiger partial charge in [0, 0.05) is 19.4 Å². The van der Waals surface area contributed by atoms with Crippen LogP contribution in [0.2, 0.25) is 0 Å². The highest BCUT2D eigenvalue weighted by Crippen LogP contribution is 2.21. The smallest absolute Gasteiger partial charge is 0.335 e. The van der Waals surface area contributed by atoms with E-state index in [-0.39, 0.29) is 11.4 Å². The summed E-state index contributed by atoms with van der Waals surface area (Å²) >= 11 is 0. The molecule has 0 aliphatic heterocycles. The van der Waals surface area contributed by atoms with Gasteiger partial charge in [0.15, 0.2) is 0 Å². The molecule has 5 nitrogen and oxygen atoms in total. The van der Waals surface area contributed by atoms with Crippen LogP contribution in [0.1, 0.15) is 15.9 Å². The topological polar surface area (TPSA) is 68.7 Å². The fraction of sp³-hybridized carbons (Fsp3) is 0.143. The zero-order valence-electron chi connectivity index (χ0n) is 10.4. The second-order valence-electron chi connectivity index (χ2n) is 3.87. The molecule has 0 bridgehead atoms. The normalized spacial score (nSPS) is 10.2. The molecule has 0 radical (unpaired) electrons. The van der Waals surface area contributed by atoms with E-state index in [0.29, 0.717) is 12.4 Å². The average molecular weight is 259 g/mol. The second-order valence-corrected chi connectivity index (χ2v) is 3.87. The van der Waals surface area contributed by atoms with E-state index < -0.39 is 5.97 Å². The zero-order chi connectivity index (χ0) is 13.7. The van der Waals surface area contributed by atoms with E-state index in [0.717, 1.165) is 5.56 Å². The van der Waals surface area contributed by atoms with Gasteiger partial charge in [-0.2, -0.15) is 0 Å². The lowest BCUT2D eigenvalue weighted by atomic mass is 10.2. The molecule has 0 atom stereocenters. The number of pyridine rings is 1. The van der Waals surface area contributed by atoms with Gasteiger partial charge >= 0.3 is 5.97 Å². The Hall–Kier alpha value is -2.40. The molecule has 5 heteroatoms. The number of aromatic carboxylic acids is 1. The van der Waals surface area contributed by atoms with Crippen molar-refractivity contribution in [2.24, 2.45) is 0 Å². The van der Waals surface area contributed by atoms with E-state index in [1.807, 2.05) is 18.2 Å². The van der Waals surface area contributed by atoms with E-state index in [2.05, 4.69) is 4.98 Å². The number of carboxylic acids is 1. The summed E-state index contributed by atoms with van der Waals surface area (Å²) in [6.45, 7) is 0.486. The lowest BCUT2D eigenvalue weighted by molar-refractivity contribution is 0.0696. The summed E-state index contributed by atoms with van der Waals surface area (Å²) in [5, 5.41) is 8.89. The van der Waals surface area contributed by atoms with Crippen molar-refractivity contribution in [3.63, 3.8) is 0 Å². The Balaban J connectivity index is 2.18. The fourth-order valence-corrected chi connectivity index (χ4v) is 1.58. The van der Waals surface area contributed by atoms with Gasteiger partial charge in [-0.3, -0.25) is 0 Å². The van der Waals surface area contributed by atoms with Gasteiger partial charge in [-0.05, 0) is 23.8 Å². The zero-order valence-corrected chi connectivity index (χ0v) is 10.4. The molecule has 98 valence electrons. The maximum atomic E-state index is 10.8. The van der Waals surface area contributed by atoms with Crippen LogP contribution < -0.4 is 4.74 Å². The van der Waals surface area contributed by atoms with Crippen molar-refractivity contribution in [1.82, 2.24) is 4.98 Å². The summed E-state index contributed by atoms with van der Waals surface area (Å²) in [7, 11) is 1.62. The van der Waals surface area contributed by atoms with Crippen molar-refractivity contribution in [2.45, 2.75) is 6.61 Å². The summed E-state index contributed by atoms with van der Waals surface area (Å²) < 4.78 is 10.6. The number of hydrogen-bond acceptors (Lipinski definition) is 4. The Kier molecular flexibility index (Phi) is 4.10. The van der Waals surface area contributed by atoms with Gasteiger partial charge < -0.3 is 14.6 Å².